The van der Waals surface area contributed by atoms with Crippen molar-refractivity contribution >= 4 is 23.7 Å². The zero-order valence-corrected chi connectivity index (χ0v) is 14.7. The molecule has 2 aromatic heterocycles. The van der Waals surface area contributed by atoms with Gasteiger partial charge in [0, 0.05) is 25.4 Å². The van der Waals surface area contributed by atoms with Crippen molar-refractivity contribution in [1.29, 1.82) is 0 Å². The summed E-state index contributed by atoms with van der Waals surface area (Å²) in [5.74, 6) is -3.15. The molecule has 2 unspecified atom stereocenters. The van der Waals surface area contributed by atoms with Gasteiger partial charge in [0.15, 0.2) is 11.4 Å². The van der Waals surface area contributed by atoms with Crippen molar-refractivity contribution in [3.05, 3.63) is 35.7 Å². The third-order valence-electron chi connectivity index (χ3n) is 4.30. The summed E-state index contributed by atoms with van der Waals surface area (Å²) in [6.07, 6.45) is 4.07. The Hall–Kier alpha value is -3.90. The van der Waals surface area contributed by atoms with E-state index < -0.39 is 35.8 Å². The minimum atomic E-state index is -0.977. The molecule has 0 aromatic carbocycles. The van der Waals surface area contributed by atoms with Crippen LogP contribution in [0.3, 0.4) is 0 Å². The summed E-state index contributed by atoms with van der Waals surface area (Å²) in [5.41, 5.74) is 9.88. The number of nitrogens with two attached hydrogens (primary N) is 2. The Morgan fingerprint density at radius 2 is 1.93 bits per heavy atom. The molecule has 0 bridgehead atoms. The van der Waals surface area contributed by atoms with Gasteiger partial charge < -0.3 is 21.1 Å². The van der Waals surface area contributed by atoms with Gasteiger partial charge in [-0.3, -0.25) is 19.4 Å². The second-order valence-corrected chi connectivity index (χ2v) is 5.94. The van der Waals surface area contributed by atoms with E-state index in [1.54, 1.807) is 0 Å². The van der Waals surface area contributed by atoms with Gasteiger partial charge in [0.2, 0.25) is 0 Å². The third-order valence-corrected chi connectivity index (χ3v) is 4.30. The fourth-order valence-electron chi connectivity index (χ4n) is 3.08. The first-order chi connectivity index (χ1) is 13.3. The highest BCUT2D eigenvalue weighted by atomic mass is 16.5. The van der Waals surface area contributed by atoms with Gasteiger partial charge in [-0.1, -0.05) is 5.21 Å². The van der Waals surface area contributed by atoms with E-state index in [2.05, 4.69) is 20.3 Å². The van der Waals surface area contributed by atoms with Crippen molar-refractivity contribution in [2.45, 2.75) is 18.5 Å². The summed E-state index contributed by atoms with van der Waals surface area (Å²) < 4.78 is 5.88. The number of nitrogens with zero attached hydrogens (tertiary/aromatic N) is 6. The lowest BCUT2D eigenvalue weighted by Crippen LogP contribution is -2.41. The summed E-state index contributed by atoms with van der Waals surface area (Å²) in [5, 5.41) is 7.37. The zero-order valence-electron chi connectivity index (χ0n) is 14.7. The van der Waals surface area contributed by atoms with Crippen molar-refractivity contribution < 1.29 is 23.9 Å². The van der Waals surface area contributed by atoms with E-state index in [0.29, 0.717) is 0 Å². The van der Waals surface area contributed by atoms with E-state index in [4.69, 9.17) is 16.2 Å². The van der Waals surface area contributed by atoms with Crippen molar-refractivity contribution in [3.63, 3.8) is 0 Å². The number of hydrogen-bond acceptors (Lipinski definition) is 9. The van der Waals surface area contributed by atoms with Crippen LogP contribution in [0, 0.1) is 0 Å². The van der Waals surface area contributed by atoms with Crippen molar-refractivity contribution in [2.75, 3.05) is 13.7 Å². The fraction of sp³-hybridized carbons (Fsp3) is 0.333. The summed E-state index contributed by atoms with van der Waals surface area (Å²) in [7, 11) is 1.19. The van der Waals surface area contributed by atoms with Gasteiger partial charge in [0.05, 0.1) is 19.3 Å². The molecule has 3 rings (SSSR count). The highest BCUT2D eigenvalue weighted by Gasteiger charge is 2.43. The van der Waals surface area contributed by atoms with Crippen molar-refractivity contribution in [2.24, 2.45) is 11.5 Å². The van der Waals surface area contributed by atoms with Gasteiger partial charge in [-0.15, -0.1) is 5.10 Å². The summed E-state index contributed by atoms with van der Waals surface area (Å²) >= 11 is 0. The molecule has 0 spiro atoms. The molecule has 13 nitrogen and oxygen atoms in total. The number of amides is 3. The number of methoxy groups -OCH3 is 1. The summed E-state index contributed by atoms with van der Waals surface area (Å²) in [6, 6.07) is -1.64. The van der Waals surface area contributed by atoms with Gasteiger partial charge in [0.25, 0.3) is 17.7 Å². The topological polar surface area (TPSA) is 189 Å². The minimum absolute atomic E-state index is 0.0307. The van der Waals surface area contributed by atoms with Crippen molar-refractivity contribution in [3.8, 4) is 0 Å². The Morgan fingerprint density at radius 3 is 2.50 bits per heavy atom. The van der Waals surface area contributed by atoms with E-state index in [1.165, 1.54) is 30.6 Å². The number of carbonyl (C=O) groups excluding carboxylic acids is 4. The summed E-state index contributed by atoms with van der Waals surface area (Å²) in [6.45, 7) is -0.0307. The quantitative estimate of drug-likeness (QED) is 0.540. The smallest absolute Gasteiger partial charge is 0.328 e. The minimum Gasteiger partial charge on any atom is -0.467 e. The van der Waals surface area contributed by atoms with Crippen LogP contribution in [-0.2, 0) is 9.53 Å². The lowest BCUT2D eigenvalue weighted by atomic mass is 10.1. The van der Waals surface area contributed by atoms with Crippen LogP contribution in [0.5, 0.6) is 0 Å². The first kappa shape index (κ1) is 18.9. The molecule has 13 heteroatoms. The van der Waals surface area contributed by atoms with Crippen LogP contribution in [0.25, 0.3) is 0 Å². The normalized spacial score (nSPS) is 18.7. The van der Waals surface area contributed by atoms with Crippen LogP contribution < -0.4 is 11.5 Å². The Bertz CT molecular complexity index is 943. The molecule has 2 aromatic rings. The number of carbonyl (C=O) groups is 4. The van der Waals surface area contributed by atoms with Crippen LogP contribution in [0.2, 0.25) is 0 Å². The van der Waals surface area contributed by atoms with Gasteiger partial charge in [-0.2, -0.15) is 0 Å². The lowest BCUT2D eigenvalue weighted by Gasteiger charge is -2.21. The molecule has 4 N–H and O–H groups in total. The molecule has 0 radical (unpaired) electrons. The van der Waals surface area contributed by atoms with Crippen molar-refractivity contribution in [1.82, 2.24) is 29.9 Å². The first-order valence-corrected chi connectivity index (χ1v) is 8.04. The van der Waals surface area contributed by atoms with E-state index >= 15 is 0 Å². The maximum absolute atomic E-state index is 12.8. The maximum atomic E-state index is 12.8. The largest absolute Gasteiger partial charge is 0.467 e. The SMILES string of the molecule is COC(=O)C1CC(n2nnc(C(N)=O)c2C(N)=O)CN1C(=O)c1cnccn1. The number of aromatic nitrogens is 5. The molecule has 3 heterocycles. The number of esters is 1. The second-order valence-electron chi connectivity index (χ2n) is 5.94. The molecule has 1 aliphatic heterocycles. The molecule has 1 fully saturated rings. The number of rotatable bonds is 5. The molecular formula is C15H16N8O5. The molecule has 2 atom stereocenters. The molecule has 28 heavy (non-hydrogen) atoms. The standard InChI is InChI=1S/C15H16N8O5/c1-28-15(27)9-4-7(6-22(9)14(26)8-5-18-2-3-19-8)23-11(13(17)25)10(12(16)24)20-21-23/h2-3,5,7,9H,4,6H2,1H3,(H2,16,24)(H2,17,25). The highest BCUT2D eigenvalue weighted by Crippen LogP contribution is 2.30. The van der Waals surface area contributed by atoms with Gasteiger partial charge in [-0.05, 0) is 0 Å². The maximum Gasteiger partial charge on any atom is 0.328 e. The molecule has 3 amide bonds. The zero-order chi connectivity index (χ0) is 20.4. The average molecular weight is 388 g/mol. The number of primary amides is 2. The first-order valence-electron chi connectivity index (χ1n) is 8.04. The van der Waals surface area contributed by atoms with E-state index in [9.17, 15) is 19.2 Å². The van der Waals surface area contributed by atoms with E-state index in [1.807, 2.05) is 0 Å². The predicted octanol–water partition coefficient (Wildman–Crippen LogP) is -2.11. The Morgan fingerprint density at radius 1 is 1.18 bits per heavy atom. The van der Waals surface area contributed by atoms with Crippen LogP contribution in [0.15, 0.2) is 18.6 Å². The summed E-state index contributed by atoms with van der Waals surface area (Å²) in [4.78, 5) is 57.3. The number of ether oxygens (including phenoxy) is 1. The van der Waals surface area contributed by atoms with Crippen LogP contribution in [-0.4, -0.2) is 73.2 Å². The van der Waals surface area contributed by atoms with Crippen LogP contribution >= 0.6 is 0 Å². The predicted molar refractivity (Wildman–Crippen MR) is 89.6 cm³/mol. The van der Waals surface area contributed by atoms with E-state index in [0.717, 1.165) is 4.68 Å². The molecular weight excluding hydrogens is 372 g/mol. The van der Waals surface area contributed by atoms with Gasteiger partial charge in [-0.25, -0.2) is 14.5 Å². The fourth-order valence-corrected chi connectivity index (χ4v) is 3.08. The number of likely N-dealkylation sites (tertiary alicyclic amines) is 1. The molecule has 1 aliphatic rings. The monoisotopic (exact) mass is 388 g/mol. The Balaban J connectivity index is 1.98. The molecule has 0 aliphatic carbocycles. The molecule has 146 valence electrons. The van der Waals surface area contributed by atoms with E-state index in [-0.39, 0.29) is 30.0 Å². The van der Waals surface area contributed by atoms with Gasteiger partial charge in [0.1, 0.15) is 11.7 Å². The average Bonchev–Trinajstić information content (AvgIpc) is 3.32. The van der Waals surface area contributed by atoms with Gasteiger partial charge >= 0.3 is 5.97 Å². The third kappa shape index (κ3) is 3.24. The second kappa shape index (κ2) is 7.38. The van der Waals surface area contributed by atoms with Crippen LogP contribution in [0.1, 0.15) is 43.9 Å². The molecule has 1 saturated heterocycles. The molecule has 0 saturated carbocycles. The Labute approximate surface area is 157 Å². The number of hydrogen-bond donors (Lipinski definition) is 2. The highest BCUT2D eigenvalue weighted by molar-refractivity contribution is 6.03. The lowest BCUT2D eigenvalue weighted by molar-refractivity contribution is -0.145. The Kier molecular flexibility index (Phi) is 4.98. The van der Waals surface area contributed by atoms with Crippen LogP contribution in [0.4, 0.5) is 0 Å².